The number of carbonyl (C=O) groups is 1. The first kappa shape index (κ1) is 49.5. The highest BCUT2D eigenvalue weighted by Gasteiger charge is 2.36. The van der Waals surface area contributed by atoms with Crippen molar-refractivity contribution in [1.82, 2.24) is 5.32 Å². The lowest BCUT2D eigenvalue weighted by Gasteiger charge is -2.37. The van der Waals surface area contributed by atoms with Gasteiger partial charge in [-0.2, -0.15) is 0 Å². The lowest BCUT2D eigenvalue weighted by Crippen LogP contribution is -2.39. The van der Waals surface area contributed by atoms with Crippen LogP contribution >= 0.6 is 0 Å². The third kappa shape index (κ3) is 20.3. The number of Topliss-reactive ketones (excluding diaryl/α,β-unsaturated/α-hetero) is 1. The minimum Gasteiger partial charge on any atom is -0.390 e. The van der Waals surface area contributed by atoms with Gasteiger partial charge >= 0.3 is 0 Å². The molecule has 3 aliphatic rings. The number of aliphatic hydroxyl groups is 1. The molecule has 290 valence electrons. The van der Waals surface area contributed by atoms with E-state index in [2.05, 4.69) is 84.2 Å². The third-order valence-electron chi connectivity index (χ3n) is 11.4. The smallest absolute Gasteiger partial charge is 0.136 e. The summed E-state index contributed by atoms with van der Waals surface area (Å²) in [7, 11) is 5.21. The van der Waals surface area contributed by atoms with E-state index in [0.29, 0.717) is 59.9 Å². The van der Waals surface area contributed by atoms with E-state index in [4.69, 9.17) is 9.99 Å². The van der Waals surface area contributed by atoms with Gasteiger partial charge in [-0.25, -0.2) is 4.89 Å². The Balaban J connectivity index is 0. The number of nitrogens with one attached hydrogen (secondary N) is 1. The van der Waals surface area contributed by atoms with Crippen LogP contribution in [-0.4, -0.2) is 67.9 Å². The zero-order chi connectivity index (χ0) is 36.3. The van der Waals surface area contributed by atoms with Gasteiger partial charge in [0.1, 0.15) is 5.78 Å². The largest absolute Gasteiger partial charge is 0.390 e. The quantitative estimate of drug-likeness (QED) is 0.201. The first-order valence-electron chi connectivity index (χ1n) is 19.2. The molecule has 10 unspecified atom stereocenters. The van der Waals surface area contributed by atoms with Gasteiger partial charge < -0.3 is 19.9 Å². The fourth-order valence-electron chi connectivity index (χ4n) is 8.47. The molecule has 48 heavy (non-hydrogen) atoms. The van der Waals surface area contributed by atoms with Crippen LogP contribution in [-0.2, 0) is 19.2 Å². The fraction of sp³-hybridized carbons (Fsp3) is 0.976. The van der Waals surface area contributed by atoms with Gasteiger partial charge in [-0.3, -0.25) is 10.1 Å². The number of ether oxygens (including phenoxy) is 2. The lowest BCUT2D eigenvalue weighted by atomic mass is 9.71. The maximum atomic E-state index is 12.9. The normalized spacial score (nSPS) is 39.8. The molecular formula is C41H85NO6. The van der Waals surface area contributed by atoms with Crippen molar-refractivity contribution in [2.45, 2.75) is 178 Å². The van der Waals surface area contributed by atoms with Crippen LogP contribution in [0.15, 0.2) is 0 Å². The van der Waals surface area contributed by atoms with Crippen molar-refractivity contribution in [1.29, 1.82) is 0 Å². The molecule has 1 saturated heterocycles. The summed E-state index contributed by atoms with van der Waals surface area (Å²) in [6, 6.07) is 0.510. The lowest BCUT2D eigenvalue weighted by molar-refractivity contribution is -0.287. The predicted molar refractivity (Wildman–Crippen MR) is 204 cm³/mol. The molecule has 7 heteroatoms. The Morgan fingerprint density at radius 2 is 1.38 bits per heavy atom. The fourth-order valence-corrected chi connectivity index (χ4v) is 8.47. The summed E-state index contributed by atoms with van der Waals surface area (Å²) in [5.41, 5.74) is -0.742. The summed E-state index contributed by atoms with van der Waals surface area (Å²) in [6.45, 7) is 25.3. The zero-order valence-electron chi connectivity index (χ0n) is 33.4. The molecule has 2 saturated carbocycles. The summed E-state index contributed by atoms with van der Waals surface area (Å²) in [4.78, 5) is 17.3. The van der Waals surface area contributed by atoms with Gasteiger partial charge in [0.2, 0.25) is 0 Å². The molecule has 0 bridgehead atoms. The van der Waals surface area contributed by atoms with Crippen LogP contribution in [0.3, 0.4) is 0 Å². The minimum atomic E-state index is -0.742. The van der Waals surface area contributed by atoms with Gasteiger partial charge in [0.05, 0.1) is 17.8 Å². The van der Waals surface area contributed by atoms with Gasteiger partial charge in [0.25, 0.3) is 0 Å². The van der Waals surface area contributed by atoms with E-state index in [1.165, 1.54) is 38.5 Å². The highest BCUT2D eigenvalue weighted by atomic mass is 17.1. The minimum absolute atomic E-state index is 0. The van der Waals surface area contributed by atoms with Crippen LogP contribution in [0.25, 0.3) is 0 Å². The molecular weight excluding hydrogens is 602 g/mol. The van der Waals surface area contributed by atoms with E-state index in [1.807, 2.05) is 14.0 Å². The molecule has 0 amide bonds. The first-order chi connectivity index (χ1) is 21.9. The molecule has 0 radical (unpaired) electrons. The first-order valence-corrected chi connectivity index (χ1v) is 19.2. The van der Waals surface area contributed by atoms with Gasteiger partial charge in [-0.15, -0.1) is 0 Å². The van der Waals surface area contributed by atoms with Crippen molar-refractivity contribution in [2.75, 3.05) is 27.9 Å². The summed E-state index contributed by atoms with van der Waals surface area (Å²) in [6.07, 6.45) is 12.0. The van der Waals surface area contributed by atoms with Crippen molar-refractivity contribution >= 4 is 5.78 Å². The highest BCUT2D eigenvalue weighted by molar-refractivity contribution is 5.81. The zero-order valence-corrected chi connectivity index (χ0v) is 33.4. The Kier molecular flexibility index (Phi) is 27.1. The molecule has 0 aromatic heterocycles. The standard InChI is InChI=1S/C23H44O2.C8H17NO2.C7H14O.C2H6O.CH4/c1-9-21-13-22(24)20(7)19(6)18(5)12-16(3)10-15(2)11-17(4)14-23(21,8)25;1-6-3-7(9-2)5-8(4-6)11-10;1-6-3-4-8-7(2)5-6;1-3-2;/h15-21,25H,9-14H2,1-8H3;6-10H,3-5H2,1-2H3;6-7H,3-5H2,1-2H3;1-2H3;1H4/t15-,16?,17+,18?,19?,20?,21?,23+;;;;/m1..../s1. The second kappa shape index (κ2) is 26.2. The van der Waals surface area contributed by atoms with Crippen molar-refractivity contribution in [3.8, 4) is 0 Å². The Hall–Kier alpha value is -0.570. The predicted octanol–water partition coefficient (Wildman–Crippen LogP) is 10.1. The van der Waals surface area contributed by atoms with Gasteiger partial charge in [-0.1, -0.05) is 76.2 Å². The van der Waals surface area contributed by atoms with Crippen LogP contribution in [0.4, 0.5) is 0 Å². The number of rotatable bonds is 3. The van der Waals surface area contributed by atoms with E-state index < -0.39 is 5.60 Å². The second-order valence-corrected chi connectivity index (χ2v) is 16.7. The van der Waals surface area contributed by atoms with Gasteiger partial charge in [0, 0.05) is 39.2 Å². The average Bonchev–Trinajstić information content (AvgIpc) is 2.98. The van der Waals surface area contributed by atoms with E-state index in [1.54, 1.807) is 14.2 Å². The van der Waals surface area contributed by atoms with Crippen LogP contribution < -0.4 is 5.32 Å². The average molecular weight is 688 g/mol. The number of hydrogen-bond acceptors (Lipinski definition) is 7. The molecule has 7 nitrogen and oxygen atoms in total. The molecule has 2 aliphatic carbocycles. The van der Waals surface area contributed by atoms with Crippen molar-refractivity contribution in [2.24, 2.45) is 53.3 Å². The molecule has 0 spiro atoms. The molecule has 13 atom stereocenters. The van der Waals surface area contributed by atoms with E-state index >= 15 is 0 Å². The number of carbonyl (C=O) groups excluding carboxylic acids is 1. The molecule has 1 heterocycles. The van der Waals surface area contributed by atoms with Gasteiger partial charge in [-0.05, 0) is 126 Å². The Morgan fingerprint density at radius 3 is 1.85 bits per heavy atom. The molecule has 3 fully saturated rings. The molecule has 0 aromatic rings. The van der Waals surface area contributed by atoms with E-state index in [9.17, 15) is 9.90 Å². The SMILES string of the molecule is C.CC1CCOC(C)C1.CCC1CC(=O)C(C)C(C)C(C)CC(C)C[C@@H](C)C[C@H](C)C[C@]1(C)O.CNC1CC(C)CC(OO)C1.COC. The number of ketones is 1. The summed E-state index contributed by atoms with van der Waals surface area (Å²) < 4.78 is 9.60. The van der Waals surface area contributed by atoms with E-state index in [-0.39, 0.29) is 25.4 Å². The molecule has 3 N–H and O–H groups in total. The summed E-state index contributed by atoms with van der Waals surface area (Å²) in [5, 5.41) is 22.8. The molecule has 3 rings (SSSR count). The van der Waals surface area contributed by atoms with Gasteiger partial charge in [0.15, 0.2) is 0 Å². The maximum Gasteiger partial charge on any atom is 0.136 e. The maximum absolute atomic E-state index is 12.9. The Labute approximate surface area is 299 Å². The van der Waals surface area contributed by atoms with Crippen molar-refractivity contribution in [3.63, 3.8) is 0 Å². The number of hydrogen-bond donors (Lipinski definition) is 3. The topological polar surface area (TPSA) is 97.3 Å². The molecule has 0 aromatic carbocycles. The van der Waals surface area contributed by atoms with E-state index in [0.717, 1.165) is 38.2 Å². The number of methoxy groups -OCH3 is 1. The summed E-state index contributed by atoms with van der Waals surface area (Å²) in [5.74, 6) is 4.93. The third-order valence-corrected chi connectivity index (χ3v) is 11.4. The van der Waals surface area contributed by atoms with Crippen LogP contribution in [0.1, 0.15) is 154 Å². The monoisotopic (exact) mass is 688 g/mol. The van der Waals surface area contributed by atoms with Crippen molar-refractivity contribution < 1.29 is 29.5 Å². The van der Waals surface area contributed by atoms with Crippen LogP contribution in [0, 0.1) is 53.3 Å². The van der Waals surface area contributed by atoms with Crippen LogP contribution in [0.5, 0.6) is 0 Å². The highest BCUT2D eigenvalue weighted by Crippen LogP contribution is 2.37. The second-order valence-electron chi connectivity index (χ2n) is 16.7. The Bertz CT molecular complexity index is 773. The van der Waals surface area contributed by atoms with Crippen molar-refractivity contribution in [3.05, 3.63) is 0 Å². The van der Waals surface area contributed by atoms with Crippen LogP contribution in [0.2, 0.25) is 0 Å². The molecule has 1 aliphatic heterocycles. The summed E-state index contributed by atoms with van der Waals surface area (Å²) >= 11 is 0. The Morgan fingerprint density at radius 1 is 0.833 bits per heavy atom.